The first-order chi connectivity index (χ1) is 6.93. The quantitative estimate of drug-likeness (QED) is 0.824. The summed E-state index contributed by atoms with van der Waals surface area (Å²) in [4.78, 5) is 0. The van der Waals surface area contributed by atoms with E-state index in [1.54, 1.807) is 0 Å². The Labute approximate surface area is 87.1 Å². The number of rotatable bonds is 3. The number of alkyl halides is 2. The Morgan fingerprint density at radius 1 is 1.20 bits per heavy atom. The van der Waals surface area contributed by atoms with E-state index in [1.165, 1.54) is 0 Å². The molecule has 0 heterocycles. The smallest absolute Gasteiger partial charge is 0.263 e. The highest BCUT2D eigenvalue weighted by atomic mass is 19.3. The predicted molar refractivity (Wildman–Crippen MR) is 53.1 cm³/mol. The molecule has 0 aliphatic rings. The predicted octanol–water partition coefficient (Wildman–Crippen LogP) is 3.42. The number of benzene rings is 1. The average molecular weight is 217 g/mol. The highest BCUT2D eigenvalue weighted by Gasteiger charge is 2.17. The van der Waals surface area contributed by atoms with Gasteiger partial charge in [0.1, 0.15) is 5.82 Å². The summed E-state index contributed by atoms with van der Waals surface area (Å²) in [7, 11) is 0. The van der Waals surface area contributed by atoms with Crippen molar-refractivity contribution in [3.8, 4) is 0 Å². The van der Waals surface area contributed by atoms with Crippen molar-refractivity contribution in [3.05, 3.63) is 35.1 Å². The zero-order valence-electron chi connectivity index (χ0n) is 8.68. The van der Waals surface area contributed by atoms with Gasteiger partial charge < -0.3 is 5.73 Å². The third kappa shape index (κ3) is 2.72. The van der Waals surface area contributed by atoms with Crippen LogP contribution in [-0.2, 0) is 0 Å². The molecule has 0 saturated carbocycles. The minimum absolute atomic E-state index is 0.00687. The molecule has 0 aliphatic carbocycles. The normalized spacial score (nSPS) is 13.6. The molecular formula is C11H14F3N. The SMILES string of the molecule is CC(C)C(N)c1cc(C(F)F)ccc1F. The molecule has 1 atom stereocenters. The molecule has 4 heteroatoms. The fourth-order valence-electron chi connectivity index (χ4n) is 1.31. The van der Waals surface area contributed by atoms with Crippen LogP contribution >= 0.6 is 0 Å². The van der Waals surface area contributed by atoms with Crippen molar-refractivity contribution in [2.75, 3.05) is 0 Å². The van der Waals surface area contributed by atoms with Gasteiger partial charge in [0, 0.05) is 17.2 Å². The van der Waals surface area contributed by atoms with Crippen LogP contribution in [-0.4, -0.2) is 0 Å². The molecule has 0 aliphatic heterocycles. The van der Waals surface area contributed by atoms with E-state index in [2.05, 4.69) is 0 Å². The number of hydrogen-bond donors (Lipinski definition) is 1. The molecule has 1 unspecified atom stereocenters. The highest BCUT2D eigenvalue weighted by Crippen LogP contribution is 2.27. The summed E-state index contributed by atoms with van der Waals surface area (Å²) in [6.45, 7) is 3.64. The van der Waals surface area contributed by atoms with Crippen LogP contribution in [0, 0.1) is 11.7 Å². The maximum atomic E-state index is 13.3. The summed E-state index contributed by atoms with van der Waals surface area (Å²) >= 11 is 0. The number of halogens is 3. The van der Waals surface area contributed by atoms with Gasteiger partial charge in [-0.25, -0.2) is 13.2 Å². The van der Waals surface area contributed by atoms with Crippen molar-refractivity contribution in [2.24, 2.45) is 11.7 Å². The lowest BCUT2D eigenvalue weighted by Gasteiger charge is -2.17. The van der Waals surface area contributed by atoms with Crippen molar-refractivity contribution in [1.82, 2.24) is 0 Å². The molecule has 1 nitrogen and oxygen atoms in total. The van der Waals surface area contributed by atoms with Gasteiger partial charge in [0.2, 0.25) is 0 Å². The van der Waals surface area contributed by atoms with Crippen molar-refractivity contribution >= 4 is 0 Å². The first-order valence-electron chi connectivity index (χ1n) is 4.76. The molecule has 1 rings (SSSR count). The van der Waals surface area contributed by atoms with Gasteiger partial charge in [0.05, 0.1) is 0 Å². The number of nitrogens with two attached hydrogens (primary N) is 1. The van der Waals surface area contributed by atoms with Crippen molar-refractivity contribution < 1.29 is 13.2 Å². The van der Waals surface area contributed by atoms with Gasteiger partial charge in [0.15, 0.2) is 0 Å². The Morgan fingerprint density at radius 3 is 2.27 bits per heavy atom. The van der Waals surface area contributed by atoms with Gasteiger partial charge in [-0.15, -0.1) is 0 Å². The molecule has 0 spiro atoms. The van der Waals surface area contributed by atoms with E-state index < -0.39 is 18.3 Å². The van der Waals surface area contributed by atoms with Crippen molar-refractivity contribution in [2.45, 2.75) is 26.3 Å². The molecule has 0 amide bonds. The minimum Gasteiger partial charge on any atom is -0.324 e. The van der Waals surface area contributed by atoms with E-state index in [-0.39, 0.29) is 17.0 Å². The molecule has 15 heavy (non-hydrogen) atoms. The fraction of sp³-hybridized carbons (Fsp3) is 0.455. The van der Waals surface area contributed by atoms with Crippen LogP contribution in [0.3, 0.4) is 0 Å². The van der Waals surface area contributed by atoms with Gasteiger partial charge in [-0.2, -0.15) is 0 Å². The second kappa shape index (κ2) is 4.66. The molecule has 0 saturated heterocycles. The number of hydrogen-bond acceptors (Lipinski definition) is 1. The van der Waals surface area contributed by atoms with Crippen LogP contribution in [0.1, 0.15) is 37.4 Å². The topological polar surface area (TPSA) is 26.0 Å². The Hall–Kier alpha value is -1.03. The van der Waals surface area contributed by atoms with E-state index in [4.69, 9.17) is 5.73 Å². The molecule has 1 aromatic rings. The molecule has 2 N–H and O–H groups in total. The fourth-order valence-corrected chi connectivity index (χ4v) is 1.31. The molecule has 0 radical (unpaired) electrons. The Bertz CT molecular complexity index is 337. The maximum Gasteiger partial charge on any atom is 0.263 e. The average Bonchev–Trinajstić information content (AvgIpc) is 2.16. The van der Waals surface area contributed by atoms with E-state index >= 15 is 0 Å². The van der Waals surface area contributed by atoms with Crippen LogP contribution < -0.4 is 5.73 Å². The van der Waals surface area contributed by atoms with Gasteiger partial charge in [-0.1, -0.05) is 19.9 Å². The Balaban J connectivity index is 3.10. The molecule has 84 valence electrons. The zero-order chi connectivity index (χ0) is 11.6. The Kier molecular flexibility index (Phi) is 3.74. The van der Waals surface area contributed by atoms with Gasteiger partial charge >= 0.3 is 0 Å². The minimum atomic E-state index is -2.59. The first kappa shape index (κ1) is 12.0. The lowest BCUT2D eigenvalue weighted by atomic mass is 9.95. The summed E-state index contributed by atoms with van der Waals surface area (Å²) in [5.74, 6) is -0.520. The largest absolute Gasteiger partial charge is 0.324 e. The molecule has 1 aromatic carbocycles. The molecule has 0 bridgehead atoms. The van der Waals surface area contributed by atoms with Crippen molar-refractivity contribution in [3.63, 3.8) is 0 Å². The van der Waals surface area contributed by atoms with E-state index in [1.807, 2.05) is 13.8 Å². The maximum absolute atomic E-state index is 13.3. The van der Waals surface area contributed by atoms with Crippen LogP contribution in [0.15, 0.2) is 18.2 Å². The monoisotopic (exact) mass is 217 g/mol. The van der Waals surface area contributed by atoms with Gasteiger partial charge in [-0.3, -0.25) is 0 Å². The highest BCUT2D eigenvalue weighted by molar-refractivity contribution is 5.28. The molecule has 0 fully saturated rings. The first-order valence-corrected chi connectivity index (χ1v) is 4.76. The third-order valence-corrected chi connectivity index (χ3v) is 2.35. The van der Waals surface area contributed by atoms with E-state index in [0.29, 0.717) is 0 Å². The van der Waals surface area contributed by atoms with E-state index in [0.717, 1.165) is 18.2 Å². The lowest BCUT2D eigenvalue weighted by molar-refractivity contribution is 0.151. The van der Waals surface area contributed by atoms with Crippen LogP contribution in [0.4, 0.5) is 13.2 Å². The summed E-state index contributed by atoms with van der Waals surface area (Å²) in [6.07, 6.45) is -2.59. The Morgan fingerprint density at radius 2 is 1.80 bits per heavy atom. The third-order valence-electron chi connectivity index (χ3n) is 2.35. The second-order valence-corrected chi connectivity index (χ2v) is 3.85. The van der Waals surface area contributed by atoms with Gasteiger partial charge in [0.25, 0.3) is 6.43 Å². The zero-order valence-corrected chi connectivity index (χ0v) is 8.68. The standard InChI is InChI=1S/C11H14F3N/c1-6(2)10(15)8-5-7(11(13)14)3-4-9(8)12/h3-6,10-11H,15H2,1-2H3. The van der Waals surface area contributed by atoms with Crippen LogP contribution in [0.25, 0.3) is 0 Å². The summed E-state index contributed by atoms with van der Waals surface area (Å²) < 4.78 is 38.1. The molecule has 0 aromatic heterocycles. The van der Waals surface area contributed by atoms with Crippen LogP contribution in [0.5, 0.6) is 0 Å². The van der Waals surface area contributed by atoms with E-state index in [9.17, 15) is 13.2 Å². The second-order valence-electron chi connectivity index (χ2n) is 3.85. The van der Waals surface area contributed by atoms with Gasteiger partial charge in [-0.05, 0) is 18.1 Å². The van der Waals surface area contributed by atoms with Crippen LogP contribution in [0.2, 0.25) is 0 Å². The summed E-state index contributed by atoms with van der Waals surface area (Å²) in [6, 6.07) is 2.71. The summed E-state index contributed by atoms with van der Waals surface area (Å²) in [5, 5.41) is 0. The molecular weight excluding hydrogens is 203 g/mol. The van der Waals surface area contributed by atoms with Crippen molar-refractivity contribution in [1.29, 1.82) is 0 Å². The lowest BCUT2D eigenvalue weighted by Crippen LogP contribution is -2.18. The summed E-state index contributed by atoms with van der Waals surface area (Å²) in [5.41, 5.74) is 5.69.